The lowest BCUT2D eigenvalue weighted by Gasteiger charge is -2.39. The van der Waals surface area contributed by atoms with E-state index in [4.69, 9.17) is 0 Å². The molecule has 0 saturated heterocycles. The van der Waals surface area contributed by atoms with Gasteiger partial charge >= 0.3 is 0 Å². The Morgan fingerprint density at radius 3 is 2.26 bits per heavy atom. The van der Waals surface area contributed by atoms with E-state index in [1.807, 2.05) is 12.1 Å². The van der Waals surface area contributed by atoms with E-state index in [9.17, 15) is 0 Å². The maximum Gasteiger partial charge on any atom is 0.0216 e. The molecule has 0 bridgehead atoms. The van der Waals surface area contributed by atoms with Crippen molar-refractivity contribution in [3.8, 4) is 0 Å². The molecule has 0 N–H and O–H groups in total. The molecule has 3 rings (SSSR count). The van der Waals surface area contributed by atoms with Gasteiger partial charge < -0.3 is 0 Å². The van der Waals surface area contributed by atoms with Crippen molar-refractivity contribution in [2.45, 2.75) is 37.5 Å². The highest BCUT2D eigenvalue weighted by atomic mass is 79.9. The highest BCUT2D eigenvalue weighted by Crippen LogP contribution is 2.46. The zero-order valence-electron chi connectivity index (χ0n) is 11.0. The van der Waals surface area contributed by atoms with Gasteiger partial charge in [0.2, 0.25) is 0 Å². The Morgan fingerprint density at radius 1 is 0.895 bits per heavy atom. The lowest BCUT2D eigenvalue weighted by molar-refractivity contribution is 0.345. The predicted octanol–water partition coefficient (Wildman–Crippen LogP) is 5.50. The first-order valence-corrected chi connectivity index (χ1v) is 7.84. The molecule has 0 aliphatic heterocycles. The maximum atomic E-state index is 3.76. The number of hydrogen-bond acceptors (Lipinski definition) is 0. The third kappa shape index (κ3) is 2.36. The summed E-state index contributed by atoms with van der Waals surface area (Å²) in [5, 5.41) is 0. The van der Waals surface area contributed by atoms with Crippen molar-refractivity contribution in [2.75, 3.05) is 0 Å². The molecular weight excluding hydrogens is 296 g/mol. The van der Waals surface area contributed by atoms with Crippen molar-refractivity contribution in [1.82, 2.24) is 0 Å². The van der Waals surface area contributed by atoms with E-state index in [2.05, 4.69) is 58.4 Å². The molecule has 19 heavy (non-hydrogen) atoms. The molecule has 2 aromatic carbocycles. The zero-order valence-corrected chi connectivity index (χ0v) is 12.6. The normalized spacial score (nSPS) is 18.2. The van der Waals surface area contributed by atoms with Crippen LogP contribution in [0.15, 0.2) is 53.0 Å². The largest absolute Gasteiger partial charge is 0.0619 e. The van der Waals surface area contributed by atoms with Crippen LogP contribution in [0.4, 0.5) is 0 Å². The Labute approximate surface area is 124 Å². The number of hydrogen-bond donors (Lipinski definition) is 0. The molecule has 1 fully saturated rings. The second-order valence-corrected chi connectivity index (χ2v) is 6.27. The Bertz CT molecular complexity index is 539. The van der Waals surface area contributed by atoms with Crippen LogP contribution in [0.5, 0.6) is 0 Å². The fourth-order valence-corrected chi connectivity index (χ4v) is 4.09. The molecule has 0 aromatic heterocycles. The van der Waals surface area contributed by atoms with Crippen molar-refractivity contribution in [3.63, 3.8) is 0 Å². The summed E-state index contributed by atoms with van der Waals surface area (Å²) in [7, 11) is 0. The van der Waals surface area contributed by atoms with E-state index < -0.39 is 0 Å². The SMILES string of the molecule is Brc1ccccc1C1(c2cc[c]cc2)CCCCC1. The summed E-state index contributed by atoms with van der Waals surface area (Å²) in [5.74, 6) is 0. The Balaban J connectivity index is 2.15. The summed E-state index contributed by atoms with van der Waals surface area (Å²) in [6.45, 7) is 0. The maximum absolute atomic E-state index is 3.76. The highest BCUT2D eigenvalue weighted by Gasteiger charge is 2.36. The average Bonchev–Trinajstić information content (AvgIpc) is 2.49. The van der Waals surface area contributed by atoms with E-state index in [0.29, 0.717) is 0 Å². The molecule has 0 unspecified atom stereocenters. The molecule has 0 spiro atoms. The van der Waals surface area contributed by atoms with Gasteiger partial charge in [0.05, 0.1) is 0 Å². The predicted molar refractivity (Wildman–Crippen MR) is 83.3 cm³/mol. The van der Waals surface area contributed by atoms with Crippen molar-refractivity contribution >= 4 is 15.9 Å². The quantitative estimate of drug-likeness (QED) is 0.686. The van der Waals surface area contributed by atoms with E-state index in [1.165, 1.54) is 47.7 Å². The van der Waals surface area contributed by atoms with Crippen molar-refractivity contribution in [3.05, 3.63) is 70.2 Å². The minimum Gasteiger partial charge on any atom is -0.0619 e. The van der Waals surface area contributed by atoms with Crippen LogP contribution in [0.25, 0.3) is 0 Å². The van der Waals surface area contributed by atoms with Gasteiger partial charge in [0.25, 0.3) is 0 Å². The molecule has 1 heteroatoms. The van der Waals surface area contributed by atoms with E-state index >= 15 is 0 Å². The Hall–Kier alpha value is -1.08. The van der Waals surface area contributed by atoms with Gasteiger partial charge in [-0.05, 0) is 36.1 Å². The van der Waals surface area contributed by atoms with Crippen molar-refractivity contribution in [1.29, 1.82) is 0 Å². The first-order valence-electron chi connectivity index (χ1n) is 7.04. The van der Waals surface area contributed by atoms with Crippen molar-refractivity contribution in [2.24, 2.45) is 0 Å². The average molecular weight is 314 g/mol. The third-order valence-electron chi connectivity index (χ3n) is 4.37. The Kier molecular flexibility index (Phi) is 3.74. The Morgan fingerprint density at radius 2 is 1.58 bits per heavy atom. The van der Waals surface area contributed by atoms with Gasteiger partial charge in [-0.25, -0.2) is 0 Å². The van der Waals surface area contributed by atoms with Crippen LogP contribution in [0.1, 0.15) is 43.2 Å². The zero-order chi connectivity index (χ0) is 13.1. The summed E-state index contributed by atoms with van der Waals surface area (Å²) in [4.78, 5) is 0. The molecule has 0 amide bonds. The number of benzene rings is 2. The van der Waals surface area contributed by atoms with Gasteiger partial charge in [-0.2, -0.15) is 0 Å². The van der Waals surface area contributed by atoms with E-state index in [-0.39, 0.29) is 5.41 Å². The lowest BCUT2D eigenvalue weighted by atomic mass is 9.65. The molecule has 2 aromatic rings. The lowest BCUT2D eigenvalue weighted by Crippen LogP contribution is -2.30. The standard InChI is InChI=1S/C18H18Br/c19-17-12-6-5-11-16(17)18(13-7-2-8-14-18)15-9-3-1-4-10-15/h3-6,9-12H,2,7-8,13-14H2. The smallest absolute Gasteiger partial charge is 0.0216 e. The van der Waals surface area contributed by atoms with Crippen LogP contribution in [-0.4, -0.2) is 0 Å². The second kappa shape index (κ2) is 5.50. The van der Waals surface area contributed by atoms with Crippen LogP contribution >= 0.6 is 15.9 Å². The molecule has 0 atom stereocenters. The summed E-state index contributed by atoms with van der Waals surface area (Å²) < 4.78 is 1.24. The molecule has 0 heterocycles. The number of halogens is 1. The second-order valence-electron chi connectivity index (χ2n) is 5.41. The summed E-state index contributed by atoms with van der Waals surface area (Å²) in [6, 6.07) is 20.4. The van der Waals surface area contributed by atoms with Crippen LogP contribution in [0.2, 0.25) is 0 Å². The molecular formula is C18H18Br. The van der Waals surface area contributed by atoms with Gasteiger partial charge in [-0.3, -0.25) is 0 Å². The first kappa shape index (κ1) is 12.9. The molecule has 1 radical (unpaired) electrons. The summed E-state index contributed by atoms with van der Waals surface area (Å²) in [6.07, 6.45) is 6.50. The fourth-order valence-electron chi connectivity index (χ4n) is 3.42. The van der Waals surface area contributed by atoms with Crippen LogP contribution in [-0.2, 0) is 5.41 Å². The van der Waals surface area contributed by atoms with Gasteiger partial charge in [-0.1, -0.05) is 77.7 Å². The van der Waals surface area contributed by atoms with Crippen LogP contribution in [0.3, 0.4) is 0 Å². The van der Waals surface area contributed by atoms with Gasteiger partial charge in [-0.15, -0.1) is 0 Å². The molecule has 97 valence electrons. The van der Waals surface area contributed by atoms with E-state index in [0.717, 1.165) is 0 Å². The minimum atomic E-state index is 0.188. The fraction of sp³-hybridized carbons (Fsp3) is 0.333. The monoisotopic (exact) mass is 313 g/mol. The number of rotatable bonds is 2. The van der Waals surface area contributed by atoms with Crippen LogP contribution in [0, 0.1) is 6.07 Å². The summed E-state index contributed by atoms with van der Waals surface area (Å²) >= 11 is 3.76. The molecule has 1 aliphatic rings. The minimum absolute atomic E-state index is 0.188. The van der Waals surface area contributed by atoms with Gasteiger partial charge in [0.1, 0.15) is 0 Å². The highest BCUT2D eigenvalue weighted by molar-refractivity contribution is 9.10. The van der Waals surface area contributed by atoms with Crippen LogP contribution < -0.4 is 0 Å². The van der Waals surface area contributed by atoms with Gasteiger partial charge in [0.15, 0.2) is 0 Å². The molecule has 0 nitrogen and oxygen atoms in total. The molecule has 1 saturated carbocycles. The summed E-state index contributed by atoms with van der Waals surface area (Å²) in [5.41, 5.74) is 3.08. The van der Waals surface area contributed by atoms with E-state index in [1.54, 1.807) is 0 Å². The molecule has 1 aliphatic carbocycles. The van der Waals surface area contributed by atoms with Gasteiger partial charge in [0, 0.05) is 9.89 Å². The first-order chi connectivity index (χ1) is 9.33. The van der Waals surface area contributed by atoms with Crippen molar-refractivity contribution < 1.29 is 0 Å². The third-order valence-corrected chi connectivity index (χ3v) is 5.06. The topological polar surface area (TPSA) is 0 Å².